The number of hydrogen-bond donors (Lipinski definition) is 1. The van der Waals surface area contributed by atoms with E-state index in [1.165, 1.54) is 29.0 Å². The van der Waals surface area contributed by atoms with E-state index < -0.39 is 21.7 Å². The number of amides is 1. The molecule has 0 atom stereocenters. The van der Waals surface area contributed by atoms with Gasteiger partial charge in [-0.2, -0.15) is 0 Å². The topological polar surface area (TPSA) is 81.8 Å². The largest absolute Gasteiger partial charge is 0.457 e. The van der Waals surface area contributed by atoms with Crippen molar-refractivity contribution in [2.75, 3.05) is 6.26 Å². The first-order valence-electron chi connectivity index (χ1n) is 8.30. The quantitative estimate of drug-likeness (QED) is 0.644. The Morgan fingerprint density at radius 2 is 1.86 bits per heavy atom. The molecule has 0 spiro atoms. The Balaban J connectivity index is 1.98. The van der Waals surface area contributed by atoms with Crippen molar-refractivity contribution in [3.05, 3.63) is 77.7 Å². The molecule has 1 N–H and O–H groups in total. The number of carbonyl (C=O) groups is 1. The van der Waals surface area contributed by atoms with Crippen molar-refractivity contribution in [3.63, 3.8) is 0 Å². The lowest BCUT2D eigenvalue weighted by atomic mass is 10.0. The molecule has 0 saturated heterocycles. The lowest BCUT2D eigenvalue weighted by molar-refractivity contribution is 0.0974. The van der Waals surface area contributed by atoms with E-state index in [0.717, 1.165) is 6.26 Å². The highest BCUT2D eigenvalue weighted by atomic mass is 32.2. The van der Waals surface area contributed by atoms with Crippen LogP contribution in [0.15, 0.2) is 54.7 Å². The third-order valence-corrected chi connectivity index (χ3v) is 4.51. The van der Waals surface area contributed by atoms with Gasteiger partial charge in [-0.15, -0.1) is 0 Å². The van der Waals surface area contributed by atoms with Gasteiger partial charge in [0.2, 0.25) is 15.7 Å². The summed E-state index contributed by atoms with van der Waals surface area (Å²) in [4.78, 5) is 15.9. The van der Waals surface area contributed by atoms with E-state index >= 15 is 0 Å². The van der Waals surface area contributed by atoms with Crippen molar-refractivity contribution < 1.29 is 22.3 Å². The van der Waals surface area contributed by atoms with Crippen LogP contribution in [0, 0.1) is 12.4 Å². The molecule has 148 valence electrons. The smallest absolute Gasteiger partial charge is 0.280 e. The number of carbonyl (C=O) groups excluding carboxylic acids is 1. The van der Waals surface area contributed by atoms with Crippen LogP contribution in [0.1, 0.15) is 10.5 Å². The Labute approximate surface area is 167 Å². The van der Waals surface area contributed by atoms with Crippen molar-refractivity contribution in [2.45, 2.75) is 0 Å². The van der Waals surface area contributed by atoms with Crippen LogP contribution in [0.4, 0.5) is 10.1 Å². The van der Waals surface area contributed by atoms with Gasteiger partial charge in [0, 0.05) is 24.9 Å². The minimum atomic E-state index is -3.77. The fourth-order valence-electron chi connectivity index (χ4n) is 2.83. The molecule has 3 aromatic rings. The van der Waals surface area contributed by atoms with E-state index in [1.807, 2.05) is 4.72 Å². The molecule has 0 unspecified atom stereocenters. The SMILES string of the molecule is [C-]#[N+]c1cn(C)c(C(=O)NS(C)(=O)=O)c1-c1ccc(Oc2cccc(F)c2)cc1. The molecular formula is C20H16FN3O4S. The second-order valence-corrected chi connectivity index (χ2v) is 8.00. The minimum Gasteiger partial charge on any atom is -0.457 e. The van der Waals surface area contributed by atoms with Crippen molar-refractivity contribution in [2.24, 2.45) is 7.05 Å². The predicted molar refractivity (Wildman–Crippen MR) is 106 cm³/mol. The zero-order chi connectivity index (χ0) is 21.2. The monoisotopic (exact) mass is 413 g/mol. The van der Waals surface area contributed by atoms with Crippen LogP contribution in [-0.2, 0) is 17.1 Å². The van der Waals surface area contributed by atoms with Gasteiger partial charge in [0.25, 0.3) is 5.91 Å². The lowest BCUT2D eigenvalue weighted by Gasteiger charge is -2.10. The number of nitrogens with one attached hydrogen (secondary N) is 1. The molecule has 0 aliphatic carbocycles. The molecule has 29 heavy (non-hydrogen) atoms. The predicted octanol–water partition coefficient (Wildman–Crippen LogP) is 3.86. The van der Waals surface area contributed by atoms with Crippen LogP contribution in [-0.4, -0.2) is 25.1 Å². The maximum Gasteiger partial charge on any atom is 0.280 e. The first-order chi connectivity index (χ1) is 13.7. The number of aryl methyl sites for hydroxylation is 1. The molecule has 0 aliphatic rings. The van der Waals surface area contributed by atoms with Gasteiger partial charge in [-0.05, 0) is 29.8 Å². The number of ether oxygens (including phenoxy) is 1. The summed E-state index contributed by atoms with van der Waals surface area (Å²) < 4.78 is 45.1. The fourth-order valence-corrected chi connectivity index (χ4v) is 3.26. The summed E-state index contributed by atoms with van der Waals surface area (Å²) in [5, 5.41) is 0. The van der Waals surface area contributed by atoms with Crippen LogP contribution in [0.3, 0.4) is 0 Å². The van der Waals surface area contributed by atoms with Crippen molar-refractivity contribution in [1.29, 1.82) is 0 Å². The normalized spacial score (nSPS) is 11.0. The number of aromatic nitrogens is 1. The molecule has 0 saturated carbocycles. The zero-order valence-electron chi connectivity index (χ0n) is 15.5. The molecule has 0 fully saturated rings. The molecule has 9 heteroatoms. The molecule has 2 aromatic carbocycles. The molecule has 7 nitrogen and oxygen atoms in total. The second-order valence-electron chi connectivity index (χ2n) is 6.25. The van der Waals surface area contributed by atoms with Crippen LogP contribution < -0.4 is 9.46 Å². The van der Waals surface area contributed by atoms with Gasteiger partial charge in [-0.3, -0.25) is 4.79 Å². The summed E-state index contributed by atoms with van der Waals surface area (Å²) in [6, 6.07) is 12.2. The Kier molecular flexibility index (Phi) is 5.39. The highest BCUT2D eigenvalue weighted by Crippen LogP contribution is 2.36. The first-order valence-corrected chi connectivity index (χ1v) is 10.2. The molecule has 1 amide bonds. The van der Waals surface area contributed by atoms with E-state index in [2.05, 4.69) is 4.85 Å². The molecule has 3 rings (SSSR count). The minimum absolute atomic E-state index is 0.0419. The average Bonchev–Trinajstić information content (AvgIpc) is 2.97. The van der Waals surface area contributed by atoms with Gasteiger partial charge in [-0.25, -0.2) is 22.4 Å². The third-order valence-electron chi connectivity index (χ3n) is 3.95. The standard InChI is InChI=1S/C20H16FN3O4S/c1-22-17-12-24(2)19(20(25)23-29(3,26)27)18(17)13-7-9-15(10-8-13)28-16-6-4-5-14(21)11-16/h4-12H,2-3H3,(H,23,25). The van der Waals surface area contributed by atoms with Crippen molar-refractivity contribution >= 4 is 21.6 Å². The van der Waals surface area contributed by atoms with Crippen LogP contribution in [0.5, 0.6) is 11.5 Å². The summed E-state index contributed by atoms with van der Waals surface area (Å²) >= 11 is 0. The van der Waals surface area contributed by atoms with E-state index in [1.54, 1.807) is 37.4 Å². The maximum absolute atomic E-state index is 13.3. The second kappa shape index (κ2) is 7.77. The Hall–Kier alpha value is -3.64. The van der Waals surface area contributed by atoms with Crippen LogP contribution >= 0.6 is 0 Å². The van der Waals surface area contributed by atoms with E-state index in [9.17, 15) is 17.6 Å². The van der Waals surface area contributed by atoms with Gasteiger partial charge in [-0.1, -0.05) is 18.2 Å². The summed E-state index contributed by atoms with van der Waals surface area (Å²) in [5.41, 5.74) is 1.08. The average molecular weight is 413 g/mol. The number of hydrogen-bond acceptors (Lipinski definition) is 4. The van der Waals surface area contributed by atoms with Gasteiger partial charge in [0.05, 0.1) is 12.8 Å². The Bertz CT molecular complexity index is 1230. The first kappa shape index (κ1) is 20.1. The van der Waals surface area contributed by atoms with Crippen molar-refractivity contribution in [1.82, 2.24) is 9.29 Å². The van der Waals surface area contributed by atoms with Gasteiger partial charge >= 0.3 is 0 Å². The number of rotatable bonds is 5. The van der Waals surface area contributed by atoms with Crippen LogP contribution in [0.25, 0.3) is 16.0 Å². The van der Waals surface area contributed by atoms with Gasteiger partial charge in [0.15, 0.2) is 0 Å². The summed E-state index contributed by atoms with van der Waals surface area (Å²) in [7, 11) is -2.22. The summed E-state index contributed by atoms with van der Waals surface area (Å²) in [5.74, 6) is -0.499. The summed E-state index contributed by atoms with van der Waals surface area (Å²) in [6.45, 7) is 7.38. The number of sulfonamides is 1. The summed E-state index contributed by atoms with van der Waals surface area (Å²) in [6.07, 6.45) is 2.33. The Morgan fingerprint density at radius 3 is 2.45 bits per heavy atom. The molecule has 0 bridgehead atoms. The lowest BCUT2D eigenvalue weighted by Crippen LogP contribution is -2.31. The van der Waals surface area contributed by atoms with E-state index in [-0.39, 0.29) is 11.4 Å². The molecule has 1 heterocycles. The molecular weight excluding hydrogens is 397 g/mol. The molecule has 0 aliphatic heterocycles. The van der Waals surface area contributed by atoms with Crippen molar-refractivity contribution in [3.8, 4) is 22.6 Å². The fraction of sp³-hybridized carbons (Fsp3) is 0.100. The van der Waals surface area contributed by atoms with Crippen LogP contribution in [0.2, 0.25) is 0 Å². The van der Waals surface area contributed by atoms with Gasteiger partial charge in [0.1, 0.15) is 23.0 Å². The van der Waals surface area contributed by atoms with Gasteiger partial charge < -0.3 is 9.30 Å². The zero-order valence-corrected chi connectivity index (χ0v) is 16.3. The third kappa shape index (κ3) is 4.62. The number of nitrogens with zero attached hydrogens (tertiary/aromatic N) is 2. The van der Waals surface area contributed by atoms with E-state index in [0.29, 0.717) is 22.6 Å². The Morgan fingerprint density at radius 1 is 1.17 bits per heavy atom. The highest BCUT2D eigenvalue weighted by molar-refractivity contribution is 7.89. The number of benzene rings is 2. The number of halogens is 1. The molecule has 0 radical (unpaired) electrons. The molecule has 1 aromatic heterocycles. The van der Waals surface area contributed by atoms with E-state index in [4.69, 9.17) is 11.3 Å². The highest BCUT2D eigenvalue weighted by Gasteiger charge is 2.23. The maximum atomic E-state index is 13.3.